The molecule has 1 fully saturated rings. The third kappa shape index (κ3) is 3.78. The van der Waals surface area contributed by atoms with Crippen molar-refractivity contribution in [1.29, 1.82) is 0 Å². The van der Waals surface area contributed by atoms with E-state index in [2.05, 4.69) is 23.1 Å². The number of hydrogen-bond acceptors (Lipinski definition) is 6. The van der Waals surface area contributed by atoms with Crippen LogP contribution in [0.4, 0.5) is 0 Å². The molecule has 118 valence electrons. The van der Waals surface area contributed by atoms with E-state index < -0.39 is 0 Å². The minimum absolute atomic E-state index is 0.477. The topological polar surface area (TPSA) is 63.8 Å². The molecule has 0 aliphatic carbocycles. The van der Waals surface area contributed by atoms with Crippen molar-refractivity contribution >= 4 is 0 Å². The van der Waals surface area contributed by atoms with Crippen LogP contribution in [0.25, 0.3) is 0 Å². The Morgan fingerprint density at radius 2 is 1.76 bits per heavy atom. The predicted molar refractivity (Wildman–Crippen MR) is 81.9 cm³/mol. The van der Waals surface area contributed by atoms with E-state index in [4.69, 9.17) is 14.2 Å². The van der Waals surface area contributed by atoms with Gasteiger partial charge in [-0.3, -0.25) is 10.9 Å². The Morgan fingerprint density at radius 1 is 1.10 bits per heavy atom. The van der Waals surface area contributed by atoms with E-state index in [0.29, 0.717) is 23.5 Å². The molecule has 2 rings (SSSR count). The van der Waals surface area contributed by atoms with Gasteiger partial charge in [-0.25, -0.2) is 0 Å². The van der Waals surface area contributed by atoms with Crippen molar-refractivity contribution < 1.29 is 14.2 Å². The van der Waals surface area contributed by atoms with E-state index in [1.165, 1.54) is 0 Å². The van der Waals surface area contributed by atoms with Crippen LogP contribution in [-0.2, 0) is 6.54 Å². The van der Waals surface area contributed by atoms with E-state index in [-0.39, 0.29) is 0 Å². The van der Waals surface area contributed by atoms with Gasteiger partial charge in [0.05, 0.1) is 21.3 Å². The molecule has 3 N–H and O–H groups in total. The Morgan fingerprint density at radius 3 is 2.33 bits per heavy atom. The van der Waals surface area contributed by atoms with Crippen molar-refractivity contribution in [2.75, 3.05) is 34.4 Å². The molecule has 1 aromatic carbocycles. The summed E-state index contributed by atoms with van der Waals surface area (Å²) in [6, 6.07) is 4.29. The average molecular weight is 295 g/mol. The number of hydrogen-bond donors (Lipinski definition) is 3. The van der Waals surface area contributed by atoms with E-state index >= 15 is 0 Å². The van der Waals surface area contributed by atoms with Crippen LogP contribution in [0.15, 0.2) is 12.1 Å². The zero-order chi connectivity index (χ0) is 15.2. The minimum atomic E-state index is 0.477. The number of rotatable bonds is 7. The van der Waals surface area contributed by atoms with Gasteiger partial charge in [-0.2, -0.15) is 0 Å². The molecular weight excluding hydrogens is 270 g/mol. The van der Waals surface area contributed by atoms with Crippen LogP contribution in [0, 0.1) is 5.92 Å². The number of hydrazine groups is 1. The van der Waals surface area contributed by atoms with Crippen molar-refractivity contribution in [3.8, 4) is 17.2 Å². The monoisotopic (exact) mass is 295 g/mol. The SMILES string of the molecule is COc1cc(OC)c(OC)cc1CNCC1CNNC1C. The zero-order valence-electron chi connectivity index (χ0n) is 13.2. The molecule has 1 saturated heterocycles. The molecule has 0 spiro atoms. The van der Waals surface area contributed by atoms with Crippen molar-refractivity contribution in [2.24, 2.45) is 5.92 Å². The quantitative estimate of drug-likeness (QED) is 0.695. The van der Waals surface area contributed by atoms with E-state index in [1.54, 1.807) is 21.3 Å². The lowest BCUT2D eigenvalue weighted by Crippen LogP contribution is -2.32. The number of nitrogens with one attached hydrogen (secondary N) is 3. The molecule has 0 saturated carbocycles. The van der Waals surface area contributed by atoms with E-state index in [1.807, 2.05) is 12.1 Å². The molecule has 1 aliphatic rings. The average Bonchev–Trinajstić information content (AvgIpc) is 2.92. The first kappa shape index (κ1) is 15.9. The molecule has 0 bridgehead atoms. The third-order valence-electron chi connectivity index (χ3n) is 3.91. The van der Waals surface area contributed by atoms with Gasteiger partial charge in [0.1, 0.15) is 5.75 Å². The lowest BCUT2D eigenvalue weighted by Gasteiger charge is -2.17. The number of methoxy groups -OCH3 is 3. The molecule has 6 heteroatoms. The van der Waals surface area contributed by atoms with Gasteiger partial charge in [-0.15, -0.1) is 0 Å². The molecule has 2 unspecified atom stereocenters. The second kappa shape index (κ2) is 7.49. The van der Waals surface area contributed by atoms with E-state index in [9.17, 15) is 0 Å². The summed E-state index contributed by atoms with van der Waals surface area (Å²) in [5.74, 6) is 2.77. The summed E-state index contributed by atoms with van der Waals surface area (Å²) in [6.07, 6.45) is 0. The maximum atomic E-state index is 5.43. The van der Waals surface area contributed by atoms with Crippen LogP contribution in [-0.4, -0.2) is 40.5 Å². The molecule has 1 heterocycles. The first-order valence-electron chi connectivity index (χ1n) is 7.17. The zero-order valence-corrected chi connectivity index (χ0v) is 13.2. The Labute approximate surface area is 126 Å². The molecule has 21 heavy (non-hydrogen) atoms. The maximum absolute atomic E-state index is 5.43. The fourth-order valence-electron chi connectivity index (χ4n) is 2.52. The van der Waals surface area contributed by atoms with Gasteiger partial charge in [0.2, 0.25) is 0 Å². The highest BCUT2D eigenvalue weighted by Gasteiger charge is 2.22. The summed E-state index contributed by atoms with van der Waals surface area (Å²) in [4.78, 5) is 0. The molecule has 0 amide bonds. The van der Waals surface area contributed by atoms with Crippen LogP contribution in [0.5, 0.6) is 17.2 Å². The fourth-order valence-corrected chi connectivity index (χ4v) is 2.52. The van der Waals surface area contributed by atoms with Gasteiger partial charge < -0.3 is 19.5 Å². The van der Waals surface area contributed by atoms with E-state index in [0.717, 1.165) is 30.9 Å². The Hall–Kier alpha value is -1.50. The van der Waals surface area contributed by atoms with Crippen molar-refractivity contribution in [1.82, 2.24) is 16.2 Å². The lowest BCUT2D eigenvalue weighted by molar-refractivity contribution is 0.346. The molecule has 1 aromatic rings. The molecular formula is C15H25N3O3. The summed E-state index contributed by atoms with van der Waals surface area (Å²) in [5.41, 5.74) is 7.46. The summed E-state index contributed by atoms with van der Waals surface area (Å²) < 4.78 is 16.1. The van der Waals surface area contributed by atoms with Crippen LogP contribution in [0.1, 0.15) is 12.5 Å². The first-order chi connectivity index (χ1) is 10.2. The van der Waals surface area contributed by atoms with Gasteiger partial charge in [-0.05, 0) is 13.0 Å². The van der Waals surface area contributed by atoms with Gasteiger partial charge in [0, 0.05) is 43.2 Å². The first-order valence-corrected chi connectivity index (χ1v) is 7.17. The molecule has 6 nitrogen and oxygen atoms in total. The van der Waals surface area contributed by atoms with Crippen LogP contribution in [0.3, 0.4) is 0 Å². The Kier molecular flexibility index (Phi) is 5.67. The summed E-state index contributed by atoms with van der Waals surface area (Å²) >= 11 is 0. The number of benzene rings is 1. The van der Waals surface area contributed by atoms with Crippen molar-refractivity contribution in [3.05, 3.63) is 17.7 Å². The fraction of sp³-hybridized carbons (Fsp3) is 0.600. The van der Waals surface area contributed by atoms with Gasteiger partial charge in [-0.1, -0.05) is 0 Å². The van der Waals surface area contributed by atoms with Gasteiger partial charge in [0.25, 0.3) is 0 Å². The third-order valence-corrected chi connectivity index (χ3v) is 3.91. The summed E-state index contributed by atoms with van der Waals surface area (Å²) in [7, 11) is 4.92. The highest BCUT2D eigenvalue weighted by atomic mass is 16.5. The molecule has 2 atom stereocenters. The van der Waals surface area contributed by atoms with Crippen molar-refractivity contribution in [2.45, 2.75) is 19.5 Å². The van der Waals surface area contributed by atoms with Crippen LogP contribution < -0.4 is 30.4 Å². The molecule has 1 aliphatic heterocycles. The largest absolute Gasteiger partial charge is 0.496 e. The molecule has 0 radical (unpaired) electrons. The number of ether oxygens (including phenoxy) is 3. The van der Waals surface area contributed by atoms with Crippen molar-refractivity contribution in [3.63, 3.8) is 0 Å². The normalized spacial score (nSPS) is 21.3. The Balaban J connectivity index is 2.01. The minimum Gasteiger partial charge on any atom is -0.496 e. The lowest BCUT2D eigenvalue weighted by atomic mass is 10.0. The van der Waals surface area contributed by atoms with Gasteiger partial charge in [0.15, 0.2) is 11.5 Å². The standard InChI is InChI=1S/C15H25N3O3/c1-10-12(9-17-18-10)8-16-7-11-5-14(20-3)15(21-4)6-13(11)19-2/h5-6,10,12,16-18H,7-9H2,1-4H3. The Bertz CT molecular complexity index is 468. The summed E-state index contributed by atoms with van der Waals surface area (Å²) in [6.45, 7) is 4.84. The predicted octanol–water partition coefficient (Wildman–Crippen LogP) is 0.915. The van der Waals surface area contributed by atoms with Crippen LogP contribution in [0.2, 0.25) is 0 Å². The highest BCUT2D eigenvalue weighted by Crippen LogP contribution is 2.34. The molecule has 0 aromatic heterocycles. The smallest absolute Gasteiger partial charge is 0.164 e. The van der Waals surface area contributed by atoms with Gasteiger partial charge >= 0.3 is 0 Å². The maximum Gasteiger partial charge on any atom is 0.164 e. The summed E-state index contributed by atoms with van der Waals surface area (Å²) in [5, 5.41) is 3.48. The second-order valence-electron chi connectivity index (χ2n) is 5.22. The highest BCUT2D eigenvalue weighted by molar-refractivity contribution is 5.50. The van der Waals surface area contributed by atoms with Crippen LogP contribution >= 0.6 is 0 Å². The second-order valence-corrected chi connectivity index (χ2v) is 5.22.